The number of hydrogen-bond acceptors (Lipinski definition) is 6. The van der Waals surface area contributed by atoms with Crippen molar-refractivity contribution in [3.8, 4) is 5.75 Å². The monoisotopic (exact) mass is 419 g/mol. The van der Waals surface area contributed by atoms with E-state index in [2.05, 4.69) is 65.7 Å². The molecule has 3 fully saturated rings. The van der Waals surface area contributed by atoms with Gasteiger partial charge in [-0.15, -0.1) is 0 Å². The zero-order valence-corrected chi connectivity index (χ0v) is 19.4. The first-order valence-electron chi connectivity index (χ1n) is 11.2. The fourth-order valence-electron chi connectivity index (χ4n) is 5.10. The molecule has 6 nitrogen and oxygen atoms in total. The summed E-state index contributed by atoms with van der Waals surface area (Å²) in [6.07, 6.45) is 1.92. The minimum Gasteiger partial charge on any atom is -0.491 e. The standard InChI is InChI=1S/C24H37NO5/c1-16-17(2)29-24(28-16)14-22(4,5)25(23(6,7)15-24)30-18(3)19-8-10-20(11-9-19)26-12-21-13-27-21/h8-11,16-18,21H,12-15H2,1-7H3. The summed E-state index contributed by atoms with van der Waals surface area (Å²) in [6, 6.07) is 8.15. The summed E-state index contributed by atoms with van der Waals surface area (Å²) in [4.78, 5) is 6.57. The minimum atomic E-state index is -0.542. The highest BCUT2D eigenvalue weighted by molar-refractivity contribution is 5.28. The van der Waals surface area contributed by atoms with Gasteiger partial charge in [-0.25, -0.2) is 0 Å². The Balaban J connectivity index is 1.44. The Morgan fingerprint density at radius 1 is 1.00 bits per heavy atom. The number of benzene rings is 1. The average Bonchev–Trinajstić information content (AvgIpc) is 3.42. The molecular weight excluding hydrogens is 382 g/mol. The molecular formula is C24H37NO5. The molecule has 0 N–H and O–H groups in total. The second-order valence-electron chi connectivity index (χ2n) is 10.4. The van der Waals surface area contributed by atoms with E-state index in [-0.39, 0.29) is 35.5 Å². The van der Waals surface area contributed by atoms with Crippen molar-refractivity contribution in [2.75, 3.05) is 13.2 Å². The zero-order valence-electron chi connectivity index (χ0n) is 19.4. The molecule has 4 rings (SSSR count). The first-order valence-corrected chi connectivity index (χ1v) is 11.2. The zero-order chi connectivity index (χ0) is 21.7. The number of hydroxylamine groups is 2. The van der Waals surface area contributed by atoms with Crippen molar-refractivity contribution in [3.05, 3.63) is 29.8 Å². The lowest BCUT2D eigenvalue weighted by Gasteiger charge is -2.56. The molecule has 3 aliphatic rings. The largest absolute Gasteiger partial charge is 0.491 e. The summed E-state index contributed by atoms with van der Waals surface area (Å²) in [5.74, 6) is 0.319. The third-order valence-electron chi connectivity index (χ3n) is 6.42. The van der Waals surface area contributed by atoms with Crippen molar-refractivity contribution in [2.24, 2.45) is 0 Å². The van der Waals surface area contributed by atoms with Gasteiger partial charge in [-0.3, -0.25) is 4.84 Å². The van der Waals surface area contributed by atoms with Gasteiger partial charge in [0.1, 0.15) is 24.6 Å². The Labute approximate surface area is 180 Å². The van der Waals surface area contributed by atoms with Crippen LogP contribution in [0.4, 0.5) is 0 Å². The van der Waals surface area contributed by atoms with Gasteiger partial charge in [-0.1, -0.05) is 12.1 Å². The van der Waals surface area contributed by atoms with Crippen LogP contribution >= 0.6 is 0 Å². The summed E-state index contributed by atoms with van der Waals surface area (Å²) in [7, 11) is 0. The third kappa shape index (κ3) is 4.53. The van der Waals surface area contributed by atoms with E-state index in [1.807, 2.05) is 12.1 Å². The van der Waals surface area contributed by atoms with Crippen LogP contribution in [0, 0.1) is 0 Å². The quantitative estimate of drug-likeness (QED) is 0.627. The maximum absolute atomic E-state index is 6.57. The van der Waals surface area contributed by atoms with Gasteiger partial charge in [0.05, 0.1) is 18.8 Å². The number of rotatable bonds is 6. The molecule has 0 bridgehead atoms. The van der Waals surface area contributed by atoms with Crippen molar-refractivity contribution in [1.82, 2.24) is 5.06 Å². The van der Waals surface area contributed by atoms with Crippen LogP contribution in [0.5, 0.6) is 5.75 Å². The molecule has 1 aromatic carbocycles. The molecule has 0 radical (unpaired) electrons. The molecule has 1 aromatic rings. The summed E-state index contributed by atoms with van der Waals surface area (Å²) in [6.45, 7) is 16.5. The van der Waals surface area contributed by atoms with E-state index in [0.29, 0.717) is 6.61 Å². The van der Waals surface area contributed by atoms with Gasteiger partial charge in [-0.2, -0.15) is 5.06 Å². The fourth-order valence-corrected chi connectivity index (χ4v) is 5.10. The Bertz CT molecular complexity index is 712. The number of ether oxygens (including phenoxy) is 4. The summed E-state index contributed by atoms with van der Waals surface area (Å²) < 4.78 is 23.6. The normalized spacial score (nSPS) is 32.8. The smallest absolute Gasteiger partial charge is 0.172 e. The highest BCUT2D eigenvalue weighted by atomic mass is 16.8. The Morgan fingerprint density at radius 2 is 1.53 bits per heavy atom. The molecule has 3 heterocycles. The predicted molar refractivity (Wildman–Crippen MR) is 114 cm³/mol. The second kappa shape index (κ2) is 7.75. The van der Waals surface area contributed by atoms with Crippen LogP contribution in [0.25, 0.3) is 0 Å². The Morgan fingerprint density at radius 3 is 2.03 bits per heavy atom. The molecule has 4 atom stereocenters. The van der Waals surface area contributed by atoms with Crippen LogP contribution in [0.3, 0.4) is 0 Å². The molecule has 6 heteroatoms. The van der Waals surface area contributed by atoms with Gasteiger partial charge >= 0.3 is 0 Å². The van der Waals surface area contributed by atoms with Crippen LogP contribution in [0.1, 0.15) is 73.0 Å². The molecule has 0 saturated carbocycles. The lowest BCUT2D eigenvalue weighted by atomic mass is 9.78. The van der Waals surface area contributed by atoms with Crippen molar-refractivity contribution < 1.29 is 23.8 Å². The average molecular weight is 420 g/mol. The lowest BCUT2D eigenvalue weighted by molar-refractivity contribution is -0.352. The molecule has 1 spiro atoms. The molecule has 168 valence electrons. The molecule has 3 saturated heterocycles. The van der Waals surface area contributed by atoms with E-state index in [0.717, 1.165) is 30.8 Å². The summed E-state index contributed by atoms with van der Waals surface area (Å²) in [5, 5.41) is 2.16. The van der Waals surface area contributed by atoms with Crippen molar-refractivity contribution in [2.45, 2.75) is 103 Å². The van der Waals surface area contributed by atoms with Crippen molar-refractivity contribution in [3.63, 3.8) is 0 Å². The minimum absolute atomic E-state index is 0.0818. The van der Waals surface area contributed by atoms with Crippen molar-refractivity contribution >= 4 is 0 Å². The highest BCUT2D eigenvalue weighted by Gasteiger charge is 2.58. The van der Waals surface area contributed by atoms with Gasteiger partial charge in [0.15, 0.2) is 5.79 Å². The van der Waals surface area contributed by atoms with Crippen LogP contribution in [-0.2, 0) is 19.0 Å². The first-order chi connectivity index (χ1) is 14.0. The maximum Gasteiger partial charge on any atom is 0.172 e. The van der Waals surface area contributed by atoms with Gasteiger partial charge in [0.2, 0.25) is 0 Å². The molecule has 3 aliphatic heterocycles. The van der Waals surface area contributed by atoms with Crippen LogP contribution in [0.2, 0.25) is 0 Å². The fraction of sp³-hybridized carbons (Fsp3) is 0.750. The highest BCUT2D eigenvalue weighted by Crippen LogP contribution is 2.50. The van der Waals surface area contributed by atoms with Gasteiger partial charge in [0.25, 0.3) is 0 Å². The van der Waals surface area contributed by atoms with E-state index in [1.165, 1.54) is 0 Å². The Hall–Kier alpha value is -1.18. The SMILES string of the molecule is CC(ON1C(C)(C)CC2(CC1(C)C)OC(C)C(C)O2)c1ccc(OCC2CO2)cc1. The van der Waals surface area contributed by atoms with Gasteiger partial charge < -0.3 is 18.9 Å². The molecule has 0 aromatic heterocycles. The lowest BCUT2D eigenvalue weighted by Crippen LogP contribution is -2.65. The van der Waals surface area contributed by atoms with E-state index in [4.69, 9.17) is 23.8 Å². The van der Waals surface area contributed by atoms with E-state index >= 15 is 0 Å². The molecule has 0 amide bonds. The molecule has 0 aliphatic carbocycles. The first kappa shape index (κ1) is 22.0. The van der Waals surface area contributed by atoms with Crippen LogP contribution in [0.15, 0.2) is 24.3 Å². The summed E-state index contributed by atoms with van der Waals surface area (Å²) in [5.41, 5.74) is 0.632. The van der Waals surface area contributed by atoms with Gasteiger partial charge in [-0.05, 0) is 66.2 Å². The number of nitrogens with zero attached hydrogens (tertiary/aromatic N) is 1. The third-order valence-corrected chi connectivity index (χ3v) is 6.42. The maximum atomic E-state index is 6.57. The van der Waals surface area contributed by atoms with Gasteiger partial charge in [0, 0.05) is 23.9 Å². The number of epoxide rings is 1. The van der Waals surface area contributed by atoms with E-state index in [1.54, 1.807) is 0 Å². The summed E-state index contributed by atoms with van der Waals surface area (Å²) >= 11 is 0. The molecule has 30 heavy (non-hydrogen) atoms. The predicted octanol–water partition coefficient (Wildman–Crippen LogP) is 4.63. The van der Waals surface area contributed by atoms with Crippen LogP contribution in [-0.4, -0.2) is 53.5 Å². The second-order valence-corrected chi connectivity index (χ2v) is 10.4. The number of hydrogen-bond donors (Lipinski definition) is 0. The van der Waals surface area contributed by atoms with E-state index < -0.39 is 5.79 Å². The van der Waals surface area contributed by atoms with E-state index in [9.17, 15) is 0 Å². The topological polar surface area (TPSA) is 52.7 Å². The number of piperidine rings is 1. The van der Waals surface area contributed by atoms with Crippen molar-refractivity contribution in [1.29, 1.82) is 0 Å². The Kier molecular flexibility index (Phi) is 5.69. The van der Waals surface area contributed by atoms with Crippen LogP contribution < -0.4 is 4.74 Å². The molecule has 4 unspecified atom stereocenters.